The van der Waals surface area contributed by atoms with Crippen LogP contribution >= 0.6 is 0 Å². The summed E-state index contributed by atoms with van der Waals surface area (Å²) in [5.41, 5.74) is 7.53. The number of benzene rings is 2. The van der Waals surface area contributed by atoms with E-state index in [1.165, 1.54) is 395 Å². The summed E-state index contributed by atoms with van der Waals surface area (Å²) in [6.07, 6.45) is 99.3. The fourth-order valence-corrected chi connectivity index (χ4v) is 13.5. The van der Waals surface area contributed by atoms with E-state index in [1.54, 1.807) is 0 Å². The number of allylic oxidation sites excluding steroid dienone is 4. The van der Waals surface area contributed by atoms with Gasteiger partial charge in [0.05, 0.1) is 22.8 Å². The molecule has 2 aromatic rings. The predicted molar refractivity (Wildman–Crippen MR) is 406 cm³/mol. The fourth-order valence-electron chi connectivity index (χ4n) is 13.5. The van der Waals surface area contributed by atoms with Crippen molar-refractivity contribution in [1.29, 1.82) is 0 Å². The summed E-state index contributed by atoms with van der Waals surface area (Å²) in [4.78, 5) is 11.3. The maximum Gasteiger partial charge on any atom is 2.00 e. The van der Waals surface area contributed by atoms with Gasteiger partial charge >= 0.3 is 20.4 Å². The molecule has 0 saturated heterocycles. The van der Waals surface area contributed by atoms with Gasteiger partial charge in [-0.3, -0.25) is 9.98 Å². The molecule has 0 fully saturated rings. The summed E-state index contributed by atoms with van der Waals surface area (Å²) < 4.78 is 0. The summed E-state index contributed by atoms with van der Waals surface area (Å²) in [7, 11) is 0. The summed E-state index contributed by atoms with van der Waals surface area (Å²) in [5.74, 6) is 0. The standard InChI is InChI=1S/C87H154N2.Pd/c1-5-9-13-16-19-22-25-28-30-32-34-36-38-40-42-44-46-48-50-53-55-58-61-64-67-74-82-76-70-72-79-84(82)88-86(78-12-8-4)87(81-69-66-63-60-57-52-27-24-21-18-15-11-7-3)89-85-80-73-71-77-83(85)75-68-65-62-59-56-54-51-49-47-45-43-41-39-37-35-33-31-29-26-23-20-17-14-10-6-2;/h61-62,64-65,70-73,76-77,79-80H,5-60,63,66-69,74-75,78,81H2,1-4H3;/q;+2/b64-61+,65-62+,88-86-,89-87+;. The first-order chi connectivity index (χ1) is 44.2. The molecule has 2 nitrogen and oxygen atoms in total. The molecule has 0 spiro atoms. The third-order valence-corrected chi connectivity index (χ3v) is 19.6. The molecule has 0 amide bonds. The molecule has 0 aromatic heterocycles. The van der Waals surface area contributed by atoms with Gasteiger partial charge < -0.3 is 0 Å². The molecule has 0 bridgehead atoms. The zero-order valence-corrected chi connectivity index (χ0v) is 62.7. The minimum absolute atomic E-state index is 0. The molecule has 0 saturated carbocycles. The Kier molecular flexibility index (Phi) is 68.0. The van der Waals surface area contributed by atoms with E-state index in [1.807, 2.05) is 0 Å². The number of para-hydroxylation sites is 2. The van der Waals surface area contributed by atoms with Gasteiger partial charge in [0, 0.05) is 0 Å². The second-order valence-corrected chi connectivity index (χ2v) is 28.2. The monoisotopic (exact) mass is 1330 g/mol. The first-order valence-electron chi connectivity index (χ1n) is 40.8. The summed E-state index contributed by atoms with van der Waals surface area (Å²) in [6, 6.07) is 18.1. The van der Waals surface area contributed by atoms with Crippen LogP contribution in [0.4, 0.5) is 11.4 Å². The second kappa shape index (κ2) is 71.2. The number of rotatable bonds is 70. The van der Waals surface area contributed by atoms with Gasteiger partial charge in [-0.25, -0.2) is 0 Å². The van der Waals surface area contributed by atoms with Crippen molar-refractivity contribution in [3.63, 3.8) is 0 Å². The van der Waals surface area contributed by atoms with Crippen LogP contribution in [0.2, 0.25) is 0 Å². The zero-order valence-electron chi connectivity index (χ0n) is 61.1. The summed E-state index contributed by atoms with van der Waals surface area (Å²) >= 11 is 0. The predicted octanol–water partition coefficient (Wildman–Crippen LogP) is 31.4. The molecule has 3 heteroatoms. The Morgan fingerprint density at radius 1 is 0.233 bits per heavy atom. The third-order valence-electron chi connectivity index (χ3n) is 19.6. The topological polar surface area (TPSA) is 24.7 Å². The van der Waals surface area contributed by atoms with Gasteiger partial charge in [0.2, 0.25) is 0 Å². The van der Waals surface area contributed by atoms with E-state index in [4.69, 9.17) is 9.98 Å². The van der Waals surface area contributed by atoms with E-state index in [0.717, 1.165) is 56.3 Å². The Hall–Kier alpha value is -2.08. The van der Waals surface area contributed by atoms with Gasteiger partial charge in [-0.05, 0) is 100 Å². The van der Waals surface area contributed by atoms with Crippen molar-refractivity contribution in [2.24, 2.45) is 9.98 Å². The number of hydrogen-bond acceptors (Lipinski definition) is 2. The number of aliphatic imine (C=N–C) groups is 2. The molecule has 0 heterocycles. The number of nitrogens with zero attached hydrogens (tertiary/aromatic N) is 2. The van der Waals surface area contributed by atoms with Crippen molar-refractivity contribution < 1.29 is 20.4 Å². The van der Waals surface area contributed by atoms with Crippen molar-refractivity contribution in [3.8, 4) is 0 Å². The SMILES string of the molecule is CCCCCCCCCCCCCCCCCCCCCCC/C=C/CCc1ccccc1/N=C(CCCC)\C(CCCCCCCCCCCCCCC)=N\c1ccccc1CC/C=C/CCCCCCCCCCCCCCCCCCCCCCC.[Pd+2]. The molecule has 0 aliphatic heterocycles. The first kappa shape index (κ1) is 85.9. The van der Waals surface area contributed by atoms with Crippen LogP contribution in [0.1, 0.15) is 443 Å². The molecule has 90 heavy (non-hydrogen) atoms. The van der Waals surface area contributed by atoms with Gasteiger partial charge in [0.15, 0.2) is 0 Å². The Morgan fingerprint density at radius 2 is 0.433 bits per heavy atom. The minimum Gasteiger partial charge on any atom is -0.251 e. The molecule has 0 N–H and O–H groups in total. The smallest absolute Gasteiger partial charge is 0.251 e. The molecule has 520 valence electrons. The quantitative estimate of drug-likeness (QED) is 0.0273. The van der Waals surface area contributed by atoms with Crippen molar-refractivity contribution >= 4 is 22.8 Å². The van der Waals surface area contributed by atoms with E-state index >= 15 is 0 Å². The van der Waals surface area contributed by atoms with Crippen molar-refractivity contribution in [2.75, 3.05) is 0 Å². The average Bonchev–Trinajstić information content (AvgIpc) is 1.23. The molecule has 0 radical (unpaired) electrons. The van der Waals surface area contributed by atoms with E-state index < -0.39 is 0 Å². The Morgan fingerprint density at radius 3 is 0.689 bits per heavy atom. The van der Waals surface area contributed by atoms with E-state index in [9.17, 15) is 0 Å². The Balaban J connectivity index is 0.0000405. The maximum absolute atomic E-state index is 5.66. The Labute approximate surface area is 578 Å². The van der Waals surface area contributed by atoms with Crippen LogP contribution < -0.4 is 0 Å². The van der Waals surface area contributed by atoms with Crippen LogP contribution in [0.5, 0.6) is 0 Å². The van der Waals surface area contributed by atoms with Crippen molar-refractivity contribution in [1.82, 2.24) is 0 Å². The normalized spacial score (nSPS) is 12.2. The van der Waals surface area contributed by atoms with Gasteiger partial charge in [-0.15, -0.1) is 0 Å². The average molecular weight is 1330 g/mol. The van der Waals surface area contributed by atoms with Gasteiger partial charge in [0.1, 0.15) is 0 Å². The van der Waals surface area contributed by atoms with Crippen molar-refractivity contribution in [2.45, 2.75) is 445 Å². The molecule has 0 aliphatic rings. The number of unbranched alkanes of at least 4 members (excludes halogenated alkanes) is 55. The van der Waals surface area contributed by atoms with E-state index in [0.29, 0.717) is 0 Å². The summed E-state index contributed by atoms with van der Waals surface area (Å²) in [6.45, 7) is 9.28. The maximum atomic E-state index is 5.66. The zero-order chi connectivity index (χ0) is 63.3. The molecule has 0 unspecified atom stereocenters. The van der Waals surface area contributed by atoms with Crippen LogP contribution in [0.3, 0.4) is 0 Å². The number of aryl methyl sites for hydroxylation is 2. The van der Waals surface area contributed by atoms with Crippen LogP contribution in [0.25, 0.3) is 0 Å². The molecule has 0 atom stereocenters. The third kappa shape index (κ3) is 56.3. The molecule has 0 aliphatic carbocycles. The minimum atomic E-state index is 0. The van der Waals surface area contributed by atoms with E-state index in [2.05, 4.69) is 101 Å². The Bertz CT molecular complexity index is 1870. The second-order valence-electron chi connectivity index (χ2n) is 28.2. The van der Waals surface area contributed by atoms with Gasteiger partial charge in [0.25, 0.3) is 0 Å². The molecule has 2 aromatic carbocycles. The van der Waals surface area contributed by atoms with Crippen LogP contribution in [-0.2, 0) is 33.3 Å². The molecular weight excluding hydrogens is 1180 g/mol. The molecular formula is C87H154N2Pd+2. The van der Waals surface area contributed by atoms with Crippen LogP contribution in [-0.4, -0.2) is 11.4 Å². The van der Waals surface area contributed by atoms with Crippen LogP contribution in [0, 0.1) is 0 Å². The van der Waals surface area contributed by atoms with Gasteiger partial charge in [-0.2, -0.15) is 0 Å². The summed E-state index contributed by atoms with van der Waals surface area (Å²) in [5, 5.41) is 0. The van der Waals surface area contributed by atoms with E-state index in [-0.39, 0.29) is 20.4 Å². The molecule has 2 rings (SSSR count). The van der Waals surface area contributed by atoms with Gasteiger partial charge in [-0.1, -0.05) is 429 Å². The largest absolute Gasteiger partial charge is 2.00 e. The number of hydrogen-bond donors (Lipinski definition) is 0. The first-order valence-corrected chi connectivity index (χ1v) is 40.8. The van der Waals surface area contributed by atoms with Crippen molar-refractivity contribution in [3.05, 3.63) is 84.0 Å². The fraction of sp³-hybridized carbons (Fsp3) is 0.793. The van der Waals surface area contributed by atoms with Crippen LogP contribution in [0.15, 0.2) is 82.8 Å².